The Hall–Kier alpha value is -4.14. The number of allylic oxidation sites excluding steroid dienone is 2. The van der Waals surface area contributed by atoms with Gasteiger partial charge >= 0.3 is 0 Å². The molecule has 4 aromatic rings. The maximum Gasteiger partial charge on any atom is 0.246 e. The van der Waals surface area contributed by atoms with Crippen molar-refractivity contribution in [2.45, 2.75) is 0 Å². The topological polar surface area (TPSA) is 72.9 Å². The highest BCUT2D eigenvalue weighted by atomic mass is 35.5. The number of pyridine rings is 2. The predicted molar refractivity (Wildman–Crippen MR) is 181 cm³/mol. The first-order valence-corrected chi connectivity index (χ1v) is 15.9. The highest BCUT2D eigenvalue weighted by Gasteiger charge is 2.22. The number of nitrogens with zero attached hydrogens (tertiary/aromatic N) is 6. The number of anilines is 2. The molecule has 6 rings (SSSR count). The van der Waals surface area contributed by atoms with Gasteiger partial charge in [0.1, 0.15) is 0 Å². The maximum absolute atomic E-state index is 12.0. The van der Waals surface area contributed by atoms with E-state index in [0.717, 1.165) is 74.2 Å². The van der Waals surface area contributed by atoms with Crippen molar-refractivity contribution in [3.05, 3.63) is 97.4 Å². The number of amides is 2. The molecule has 2 aromatic carbocycles. The number of para-hydroxylation sites is 2. The molecule has 0 saturated carbocycles. The van der Waals surface area contributed by atoms with Crippen LogP contribution in [0.4, 0.5) is 11.4 Å². The summed E-state index contributed by atoms with van der Waals surface area (Å²) in [6.07, 6.45) is 10.2. The fraction of sp³-hybridized carbons (Fsp3) is 0.294. The first kappa shape index (κ1) is 31.3. The maximum atomic E-state index is 12.0. The summed E-state index contributed by atoms with van der Waals surface area (Å²) in [5.41, 5.74) is 4.38. The van der Waals surface area contributed by atoms with E-state index in [0.29, 0.717) is 11.8 Å². The molecule has 2 saturated heterocycles. The van der Waals surface area contributed by atoms with Gasteiger partial charge < -0.3 is 19.6 Å². The van der Waals surface area contributed by atoms with Gasteiger partial charge in [-0.1, -0.05) is 48.6 Å². The molecule has 0 spiro atoms. The Morgan fingerprint density at radius 2 is 0.977 bits per heavy atom. The summed E-state index contributed by atoms with van der Waals surface area (Å²) in [6, 6.07) is 20.4. The van der Waals surface area contributed by atoms with Crippen molar-refractivity contribution < 1.29 is 9.59 Å². The number of aromatic nitrogens is 2. The molecular weight excluding hydrogens is 595 g/mol. The molecule has 2 aliphatic rings. The van der Waals surface area contributed by atoms with E-state index in [1.54, 1.807) is 24.3 Å². The number of hydrogen-bond acceptors (Lipinski definition) is 6. The molecule has 0 unspecified atom stereocenters. The molecule has 2 aliphatic heterocycles. The third kappa shape index (κ3) is 7.68. The van der Waals surface area contributed by atoms with Gasteiger partial charge in [0.25, 0.3) is 0 Å². The minimum atomic E-state index is 0.0416. The van der Waals surface area contributed by atoms with Gasteiger partial charge in [-0.05, 0) is 24.3 Å². The average Bonchev–Trinajstić information content (AvgIpc) is 3.09. The lowest BCUT2D eigenvalue weighted by molar-refractivity contribution is -0.127. The molecule has 0 N–H and O–H groups in total. The van der Waals surface area contributed by atoms with E-state index in [1.807, 2.05) is 70.7 Å². The van der Waals surface area contributed by atoms with E-state index >= 15 is 0 Å². The highest BCUT2D eigenvalue weighted by Crippen LogP contribution is 2.27. The van der Waals surface area contributed by atoms with Crippen molar-refractivity contribution in [1.82, 2.24) is 19.8 Å². The SMILES string of the molecule is O=C(/C=C/CCl)N1CCN(c2ccnc3ccccc23)CC1.O=C(/C=C\CCl)N1CCN(c2ccnc3ccccc23)CC1. The van der Waals surface area contributed by atoms with Crippen molar-refractivity contribution in [3.63, 3.8) is 0 Å². The molecule has 2 aromatic heterocycles. The number of alkyl halides is 2. The molecule has 0 atom stereocenters. The second kappa shape index (κ2) is 15.5. The molecule has 8 nitrogen and oxygen atoms in total. The molecule has 10 heteroatoms. The molecule has 4 heterocycles. The Balaban J connectivity index is 0.000000175. The lowest BCUT2D eigenvalue weighted by Gasteiger charge is -2.36. The fourth-order valence-electron chi connectivity index (χ4n) is 5.55. The third-order valence-electron chi connectivity index (χ3n) is 7.82. The number of carbonyl (C=O) groups excluding carboxylic acids is 2. The summed E-state index contributed by atoms with van der Waals surface area (Å²) in [4.78, 5) is 41.1. The second-order valence-corrected chi connectivity index (χ2v) is 11.0. The molecule has 228 valence electrons. The van der Waals surface area contributed by atoms with Crippen molar-refractivity contribution in [1.29, 1.82) is 0 Å². The van der Waals surface area contributed by atoms with Crippen LogP contribution in [0, 0.1) is 0 Å². The molecule has 2 fully saturated rings. The van der Waals surface area contributed by atoms with E-state index < -0.39 is 0 Å². The zero-order chi connectivity index (χ0) is 30.7. The van der Waals surface area contributed by atoms with Crippen LogP contribution in [0.2, 0.25) is 0 Å². The Labute approximate surface area is 268 Å². The zero-order valence-electron chi connectivity index (χ0n) is 24.6. The van der Waals surface area contributed by atoms with Crippen LogP contribution >= 0.6 is 23.2 Å². The van der Waals surface area contributed by atoms with Gasteiger partial charge in [0.15, 0.2) is 0 Å². The van der Waals surface area contributed by atoms with E-state index in [2.05, 4.69) is 31.9 Å². The Bertz CT molecular complexity index is 1500. The highest BCUT2D eigenvalue weighted by molar-refractivity contribution is 6.19. The van der Waals surface area contributed by atoms with Crippen molar-refractivity contribution in [2.24, 2.45) is 0 Å². The van der Waals surface area contributed by atoms with Gasteiger partial charge in [-0.2, -0.15) is 0 Å². The second-order valence-electron chi connectivity index (χ2n) is 10.4. The van der Waals surface area contributed by atoms with Gasteiger partial charge in [-0.3, -0.25) is 19.6 Å². The van der Waals surface area contributed by atoms with Crippen molar-refractivity contribution in [3.8, 4) is 0 Å². The lowest BCUT2D eigenvalue weighted by atomic mass is 10.1. The largest absolute Gasteiger partial charge is 0.367 e. The summed E-state index contributed by atoms with van der Waals surface area (Å²) in [7, 11) is 0. The number of hydrogen-bond donors (Lipinski definition) is 0. The van der Waals surface area contributed by atoms with Crippen molar-refractivity contribution >= 4 is 68.2 Å². The summed E-state index contributed by atoms with van der Waals surface area (Å²) < 4.78 is 0. The average molecular weight is 632 g/mol. The normalized spacial score (nSPS) is 15.7. The first-order valence-electron chi connectivity index (χ1n) is 14.8. The number of halogens is 2. The van der Waals surface area contributed by atoms with Gasteiger partial charge in [-0.15, -0.1) is 23.2 Å². The molecular formula is C34H36Cl2N6O2. The summed E-state index contributed by atoms with van der Waals surface area (Å²) >= 11 is 11.1. The van der Waals surface area contributed by atoms with Crippen LogP contribution in [-0.4, -0.2) is 95.7 Å². The Morgan fingerprint density at radius 3 is 1.36 bits per heavy atom. The minimum absolute atomic E-state index is 0.0416. The predicted octanol–water partition coefficient (Wildman–Crippen LogP) is 5.36. The smallest absolute Gasteiger partial charge is 0.246 e. The Kier molecular flexibility index (Phi) is 11.1. The Morgan fingerprint density at radius 1 is 0.591 bits per heavy atom. The molecule has 0 bridgehead atoms. The number of piperazine rings is 2. The summed E-state index contributed by atoms with van der Waals surface area (Å²) in [6.45, 7) is 6.21. The van der Waals surface area contributed by atoms with Crippen LogP contribution in [-0.2, 0) is 9.59 Å². The van der Waals surface area contributed by atoms with Gasteiger partial charge in [-0.25, -0.2) is 0 Å². The number of rotatable bonds is 6. The van der Waals surface area contributed by atoms with Crippen LogP contribution < -0.4 is 9.80 Å². The number of carbonyl (C=O) groups is 2. The van der Waals surface area contributed by atoms with E-state index in [-0.39, 0.29) is 11.8 Å². The molecule has 44 heavy (non-hydrogen) atoms. The van der Waals surface area contributed by atoms with Crippen molar-refractivity contribution in [2.75, 3.05) is 73.9 Å². The first-order chi connectivity index (χ1) is 21.6. The van der Waals surface area contributed by atoms with Crippen LogP contribution in [0.3, 0.4) is 0 Å². The zero-order valence-corrected chi connectivity index (χ0v) is 26.1. The van der Waals surface area contributed by atoms with Gasteiger partial charge in [0.05, 0.1) is 11.0 Å². The minimum Gasteiger partial charge on any atom is -0.367 e. The van der Waals surface area contributed by atoms with Crippen LogP contribution in [0.5, 0.6) is 0 Å². The molecule has 2 amide bonds. The van der Waals surface area contributed by atoms with E-state index in [9.17, 15) is 9.59 Å². The summed E-state index contributed by atoms with van der Waals surface area (Å²) in [5.74, 6) is 0.823. The molecule has 0 aliphatic carbocycles. The fourth-order valence-corrected chi connectivity index (χ4v) is 5.73. The summed E-state index contributed by atoms with van der Waals surface area (Å²) in [5, 5.41) is 2.32. The molecule has 0 radical (unpaired) electrons. The number of fused-ring (bicyclic) bond motifs is 2. The van der Waals surface area contributed by atoms with E-state index in [4.69, 9.17) is 23.2 Å². The monoisotopic (exact) mass is 630 g/mol. The van der Waals surface area contributed by atoms with Gasteiger partial charge in [0, 0.05) is 111 Å². The lowest BCUT2D eigenvalue weighted by Crippen LogP contribution is -2.48. The third-order valence-corrected chi connectivity index (χ3v) is 8.17. The van der Waals surface area contributed by atoms with Crippen LogP contribution in [0.1, 0.15) is 0 Å². The quantitative estimate of drug-likeness (QED) is 0.211. The van der Waals surface area contributed by atoms with Gasteiger partial charge in [0.2, 0.25) is 11.8 Å². The van der Waals surface area contributed by atoms with E-state index in [1.165, 1.54) is 11.4 Å². The van der Waals surface area contributed by atoms with Crippen LogP contribution in [0.25, 0.3) is 21.8 Å². The standard InChI is InChI=1S/2C17H18ClN3O/c2*18-8-3-6-17(22)21-12-10-20(11-13-21)16-7-9-19-15-5-2-1-4-14(15)16/h2*1-7,9H,8,10-13H2/b6-3+;6-3-. The van der Waals surface area contributed by atoms with Crippen LogP contribution in [0.15, 0.2) is 97.4 Å². The number of benzene rings is 2.